The molecule has 0 aliphatic heterocycles. The van der Waals surface area contributed by atoms with Crippen LogP contribution in [-0.4, -0.2) is 4.57 Å². The van der Waals surface area contributed by atoms with Gasteiger partial charge >= 0.3 is 0 Å². The normalized spacial score (nSPS) is 11.2. The summed E-state index contributed by atoms with van der Waals surface area (Å²) in [5.41, 5.74) is 18.8. The highest BCUT2D eigenvalue weighted by atomic mass is 15.1. The van der Waals surface area contributed by atoms with Crippen LogP contribution in [0.4, 0.5) is 17.1 Å². The van der Waals surface area contributed by atoms with Crippen LogP contribution in [0.3, 0.4) is 0 Å². The molecule has 0 fully saturated rings. The van der Waals surface area contributed by atoms with E-state index in [1.165, 1.54) is 83.1 Å². The zero-order chi connectivity index (χ0) is 41.2. The van der Waals surface area contributed by atoms with E-state index in [9.17, 15) is 0 Å². The summed E-state index contributed by atoms with van der Waals surface area (Å²) in [7, 11) is 0. The number of nitrogens with zero attached hydrogens (tertiary/aromatic N) is 2. The fourth-order valence-electron chi connectivity index (χ4n) is 8.86. The largest absolute Gasteiger partial charge is 0.311 e. The van der Waals surface area contributed by atoms with Gasteiger partial charge in [-0.3, -0.25) is 0 Å². The molecule has 0 saturated carbocycles. The Kier molecular flexibility index (Phi) is 9.57. The second-order valence-corrected chi connectivity index (χ2v) is 15.8. The minimum Gasteiger partial charge on any atom is -0.311 e. The highest BCUT2D eigenvalue weighted by Gasteiger charge is 2.16. The molecule has 62 heavy (non-hydrogen) atoms. The molecule has 2 heteroatoms. The molecule has 0 aliphatic carbocycles. The third-order valence-corrected chi connectivity index (χ3v) is 12.0. The molecule has 292 valence electrons. The number of aromatic nitrogens is 1. The summed E-state index contributed by atoms with van der Waals surface area (Å²) >= 11 is 0. The van der Waals surface area contributed by atoms with Crippen LogP contribution in [0.15, 0.2) is 255 Å². The summed E-state index contributed by atoms with van der Waals surface area (Å²) in [6.45, 7) is 0. The SMILES string of the molecule is c1ccc(-c2ccc(-c3ccc(N(c4ccc(-c5cccc(-c6ccccc6)c5)cc4)c4ccc(-c5ccc6c(c5)c5ccccc5n6-c5ccccc5)cc4)cc3)cc2)cc1. The zero-order valence-corrected chi connectivity index (χ0v) is 34.1. The van der Waals surface area contributed by atoms with E-state index >= 15 is 0 Å². The standard InChI is InChI=1S/C60H42N2/c1-4-13-43(14-5-1)45-23-25-46(26-24-45)47-27-34-54(35-28-47)61(55-36-29-48(30-37-55)51-18-12-17-50(41-51)44-15-6-2-7-16-44)56-38-31-49(32-39-56)52-33-40-60-58(42-52)57-21-10-11-22-59(57)62(60)53-19-8-3-9-20-53/h1-42H. The number of rotatable bonds is 9. The number of fused-ring (bicyclic) bond motifs is 3. The van der Waals surface area contributed by atoms with Gasteiger partial charge in [-0.2, -0.15) is 0 Å². The Bertz CT molecular complexity index is 3280. The fraction of sp³-hybridized carbons (Fsp3) is 0. The summed E-state index contributed by atoms with van der Waals surface area (Å²) in [6.07, 6.45) is 0. The van der Waals surface area contributed by atoms with E-state index in [0.29, 0.717) is 0 Å². The van der Waals surface area contributed by atoms with E-state index in [0.717, 1.165) is 17.1 Å². The van der Waals surface area contributed by atoms with Crippen molar-refractivity contribution in [3.63, 3.8) is 0 Å². The molecule has 0 N–H and O–H groups in total. The lowest BCUT2D eigenvalue weighted by Crippen LogP contribution is -2.09. The number of benzene rings is 10. The summed E-state index contributed by atoms with van der Waals surface area (Å²) in [5, 5.41) is 2.50. The molecule has 0 radical (unpaired) electrons. The van der Waals surface area contributed by atoms with Gasteiger partial charge in [0, 0.05) is 33.5 Å². The molecule has 2 nitrogen and oxygen atoms in total. The van der Waals surface area contributed by atoms with Crippen molar-refractivity contribution in [3.05, 3.63) is 255 Å². The fourth-order valence-corrected chi connectivity index (χ4v) is 8.86. The van der Waals surface area contributed by atoms with E-state index in [-0.39, 0.29) is 0 Å². The number of hydrogen-bond donors (Lipinski definition) is 0. The monoisotopic (exact) mass is 790 g/mol. The van der Waals surface area contributed by atoms with Crippen molar-refractivity contribution in [1.29, 1.82) is 0 Å². The van der Waals surface area contributed by atoms with Gasteiger partial charge in [0.25, 0.3) is 0 Å². The van der Waals surface area contributed by atoms with E-state index in [1.54, 1.807) is 0 Å². The second kappa shape index (κ2) is 16.1. The van der Waals surface area contributed by atoms with E-state index < -0.39 is 0 Å². The number of para-hydroxylation sites is 2. The van der Waals surface area contributed by atoms with Gasteiger partial charge in [0.1, 0.15) is 0 Å². The van der Waals surface area contributed by atoms with Crippen molar-refractivity contribution >= 4 is 38.9 Å². The lowest BCUT2D eigenvalue weighted by Gasteiger charge is -2.26. The molecule has 0 aliphatic rings. The van der Waals surface area contributed by atoms with Crippen molar-refractivity contribution < 1.29 is 0 Å². The van der Waals surface area contributed by atoms with Gasteiger partial charge in [-0.05, 0) is 128 Å². The van der Waals surface area contributed by atoms with Crippen LogP contribution >= 0.6 is 0 Å². The first-order valence-electron chi connectivity index (χ1n) is 21.2. The first-order chi connectivity index (χ1) is 30.7. The summed E-state index contributed by atoms with van der Waals surface area (Å²) < 4.78 is 2.37. The van der Waals surface area contributed by atoms with Gasteiger partial charge in [-0.25, -0.2) is 0 Å². The highest BCUT2D eigenvalue weighted by molar-refractivity contribution is 6.10. The minimum atomic E-state index is 1.09. The molecule has 10 aromatic carbocycles. The van der Waals surface area contributed by atoms with Crippen LogP contribution in [0.1, 0.15) is 0 Å². The highest BCUT2D eigenvalue weighted by Crippen LogP contribution is 2.40. The van der Waals surface area contributed by atoms with Crippen molar-refractivity contribution in [2.24, 2.45) is 0 Å². The topological polar surface area (TPSA) is 8.17 Å². The number of hydrogen-bond acceptors (Lipinski definition) is 1. The first-order valence-corrected chi connectivity index (χ1v) is 21.2. The minimum absolute atomic E-state index is 1.09. The molecule has 0 unspecified atom stereocenters. The maximum atomic E-state index is 2.37. The van der Waals surface area contributed by atoms with Crippen molar-refractivity contribution in [2.75, 3.05) is 4.90 Å². The van der Waals surface area contributed by atoms with Gasteiger partial charge < -0.3 is 9.47 Å². The maximum absolute atomic E-state index is 2.37. The molecule has 11 aromatic rings. The molecule has 0 atom stereocenters. The molecular formula is C60H42N2. The molecule has 11 rings (SSSR count). The quantitative estimate of drug-likeness (QED) is 0.141. The third kappa shape index (κ3) is 7.04. The predicted octanol–water partition coefficient (Wildman–Crippen LogP) is 16.6. The van der Waals surface area contributed by atoms with Gasteiger partial charge in [0.05, 0.1) is 11.0 Å². The predicted molar refractivity (Wildman–Crippen MR) is 263 cm³/mol. The molecule has 0 spiro atoms. The van der Waals surface area contributed by atoms with Crippen molar-refractivity contribution in [1.82, 2.24) is 4.57 Å². The summed E-state index contributed by atoms with van der Waals surface area (Å²) in [5.74, 6) is 0. The molecule has 0 bridgehead atoms. The Morgan fingerprint density at radius 3 is 1.08 bits per heavy atom. The van der Waals surface area contributed by atoms with Crippen LogP contribution < -0.4 is 4.90 Å². The maximum Gasteiger partial charge on any atom is 0.0541 e. The second-order valence-electron chi connectivity index (χ2n) is 15.8. The molecular weight excluding hydrogens is 749 g/mol. The average molecular weight is 791 g/mol. The van der Waals surface area contributed by atoms with Gasteiger partial charge in [0.15, 0.2) is 0 Å². The van der Waals surface area contributed by atoms with Crippen LogP contribution in [0, 0.1) is 0 Å². The Labute approximate surface area is 362 Å². The Balaban J connectivity index is 0.946. The number of anilines is 3. The lowest BCUT2D eigenvalue weighted by molar-refractivity contribution is 1.18. The Hall–Kier alpha value is -8.20. The van der Waals surface area contributed by atoms with Crippen LogP contribution in [0.5, 0.6) is 0 Å². The van der Waals surface area contributed by atoms with Crippen LogP contribution in [-0.2, 0) is 0 Å². The van der Waals surface area contributed by atoms with E-state index in [1.807, 2.05) is 0 Å². The molecule has 0 saturated heterocycles. The molecule has 1 heterocycles. The van der Waals surface area contributed by atoms with E-state index in [2.05, 4.69) is 264 Å². The Morgan fingerprint density at radius 1 is 0.226 bits per heavy atom. The van der Waals surface area contributed by atoms with Crippen molar-refractivity contribution in [3.8, 4) is 61.3 Å². The summed E-state index contributed by atoms with van der Waals surface area (Å²) in [6, 6.07) is 91.9. The van der Waals surface area contributed by atoms with Crippen LogP contribution in [0.25, 0.3) is 83.1 Å². The smallest absolute Gasteiger partial charge is 0.0541 e. The van der Waals surface area contributed by atoms with Gasteiger partial charge in [0.2, 0.25) is 0 Å². The van der Waals surface area contributed by atoms with Crippen LogP contribution in [0.2, 0.25) is 0 Å². The van der Waals surface area contributed by atoms with Gasteiger partial charge in [-0.1, -0.05) is 182 Å². The van der Waals surface area contributed by atoms with Gasteiger partial charge in [-0.15, -0.1) is 0 Å². The zero-order valence-electron chi connectivity index (χ0n) is 34.1. The van der Waals surface area contributed by atoms with E-state index in [4.69, 9.17) is 0 Å². The molecule has 0 amide bonds. The van der Waals surface area contributed by atoms with Crippen molar-refractivity contribution in [2.45, 2.75) is 0 Å². The molecule has 1 aromatic heterocycles. The first kappa shape index (κ1) is 36.8. The lowest BCUT2D eigenvalue weighted by atomic mass is 9.98. The summed E-state index contributed by atoms with van der Waals surface area (Å²) in [4.78, 5) is 2.35. The third-order valence-electron chi connectivity index (χ3n) is 12.0. The Morgan fingerprint density at radius 2 is 0.565 bits per heavy atom. The average Bonchev–Trinajstić information content (AvgIpc) is 3.69.